The Morgan fingerprint density at radius 3 is 2.75 bits per heavy atom. The number of anilines is 1. The third-order valence-corrected chi connectivity index (χ3v) is 4.08. The number of nitrogens with two attached hydrogens (primary N) is 1. The molecule has 0 radical (unpaired) electrons. The molecule has 1 aromatic carbocycles. The monoisotopic (exact) mass is 297 g/mol. The summed E-state index contributed by atoms with van der Waals surface area (Å²) in [5.74, 6) is 0. The van der Waals surface area contributed by atoms with Gasteiger partial charge in [0.2, 0.25) is 0 Å². The van der Waals surface area contributed by atoms with Crippen molar-refractivity contribution in [2.24, 2.45) is 5.73 Å². The molecule has 0 saturated carbocycles. The van der Waals surface area contributed by atoms with E-state index in [9.17, 15) is 5.11 Å². The van der Waals surface area contributed by atoms with E-state index in [1.54, 1.807) is 0 Å². The minimum Gasteiger partial charge on any atom is -0.391 e. The first-order valence-electron chi connectivity index (χ1n) is 7.03. The zero-order valence-corrected chi connectivity index (χ0v) is 13.1. The largest absolute Gasteiger partial charge is 0.391 e. The number of hydrogen-bond donors (Lipinski definition) is 2. The number of hydrogen-bond acceptors (Lipinski definition) is 4. The molecule has 1 fully saturated rings. The summed E-state index contributed by atoms with van der Waals surface area (Å²) in [6, 6.07) is 6.23. The van der Waals surface area contributed by atoms with Gasteiger partial charge in [0.1, 0.15) is 0 Å². The van der Waals surface area contributed by atoms with Crippen LogP contribution in [0.1, 0.15) is 24.9 Å². The molecule has 0 spiro atoms. The van der Waals surface area contributed by atoms with Crippen molar-refractivity contribution in [2.45, 2.75) is 31.5 Å². The maximum atomic E-state index is 9.95. The molecule has 112 valence electrons. The fourth-order valence-corrected chi connectivity index (χ4v) is 3.12. The van der Waals surface area contributed by atoms with Crippen LogP contribution in [0.5, 0.6) is 0 Å². The zero-order valence-electron chi connectivity index (χ0n) is 12.4. The van der Waals surface area contributed by atoms with Gasteiger partial charge in [0, 0.05) is 25.2 Å². The smallest absolute Gasteiger partial charge is 0.0735 e. The van der Waals surface area contributed by atoms with Gasteiger partial charge in [0.05, 0.1) is 16.8 Å². The molecule has 0 bridgehead atoms. The quantitative estimate of drug-likeness (QED) is 0.891. The van der Waals surface area contributed by atoms with E-state index in [0.717, 1.165) is 24.2 Å². The molecule has 0 aromatic heterocycles. The Labute approximate surface area is 126 Å². The lowest BCUT2D eigenvalue weighted by Crippen LogP contribution is -2.37. The van der Waals surface area contributed by atoms with Crippen molar-refractivity contribution in [1.29, 1.82) is 0 Å². The number of aliphatic hydroxyl groups excluding tert-OH is 1. The highest BCUT2D eigenvalue weighted by molar-refractivity contribution is 6.33. The second kappa shape index (κ2) is 6.31. The molecular weight excluding hydrogens is 274 g/mol. The van der Waals surface area contributed by atoms with E-state index in [0.29, 0.717) is 17.6 Å². The van der Waals surface area contributed by atoms with Gasteiger partial charge < -0.3 is 20.6 Å². The number of benzene rings is 1. The molecule has 1 aliphatic rings. The fraction of sp³-hybridized carbons (Fsp3) is 0.600. The van der Waals surface area contributed by atoms with Crippen LogP contribution < -0.4 is 10.6 Å². The van der Waals surface area contributed by atoms with E-state index >= 15 is 0 Å². The molecule has 2 rings (SSSR count). The van der Waals surface area contributed by atoms with Crippen molar-refractivity contribution in [2.75, 3.05) is 32.1 Å². The van der Waals surface area contributed by atoms with Crippen molar-refractivity contribution >= 4 is 17.3 Å². The first-order chi connectivity index (χ1) is 9.38. The number of rotatable bonds is 4. The third-order valence-electron chi connectivity index (χ3n) is 3.78. The van der Waals surface area contributed by atoms with Crippen LogP contribution in [0.25, 0.3) is 0 Å². The molecule has 1 aromatic rings. The van der Waals surface area contributed by atoms with Gasteiger partial charge in [-0.05, 0) is 45.1 Å². The van der Waals surface area contributed by atoms with Gasteiger partial charge in [-0.1, -0.05) is 17.7 Å². The molecule has 3 atom stereocenters. The summed E-state index contributed by atoms with van der Waals surface area (Å²) >= 11 is 6.41. The van der Waals surface area contributed by atoms with Gasteiger partial charge in [-0.2, -0.15) is 0 Å². The summed E-state index contributed by atoms with van der Waals surface area (Å²) in [6.07, 6.45) is 0.493. The Balaban J connectivity index is 2.25. The minimum absolute atomic E-state index is 0.0247. The fourth-order valence-electron chi connectivity index (χ4n) is 2.82. The second-order valence-corrected chi connectivity index (χ2v) is 6.36. The van der Waals surface area contributed by atoms with Gasteiger partial charge >= 0.3 is 0 Å². The Kier molecular flexibility index (Phi) is 4.91. The molecule has 0 aliphatic carbocycles. The highest BCUT2D eigenvalue weighted by Gasteiger charge is 2.32. The summed E-state index contributed by atoms with van der Waals surface area (Å²) in [4.78, 5) is 4.35. The van der Waals surface area contributed by atoms with E-state index in [4.69, 9.17) is 17.3 Å². The molecule has 4 nitrogen and oxygen atoms in total. The van der Waals surface area contributed by atoms with Crippen LogP contribution in [0.15, 0.2) is 18.2 Å². The average molecular weight is 298 g/mol. The lowest BCUT2D eigenvalue weighted by atomic mass is 10.1. The number of likely N-dealkylation sites (N-methyl/N-ethyl adjacent to an activating group) is 1. The van der Waals surface area contributed by atoms with Gasteiger partial charge in [0.25, 0.3) is 0 Å². The second-order valence-electron chi connectivity index (χ2n) is 5.96. The molecule has 1 saturated heterocycles. The summed E-state index contributed by atoms with van der Waals surface area (Å²) in [5, 5.41) is 10.7. The Hall–Kier alpha value is -0.810. The molecule has 5 heteroatoms. The first kappa shape index (κ1) is 15.6. The molecule has 3 unspecified atom stereocenters. The number of halogens is 1. The van der Waals surface area contributed by atoms with Gasteiger partial charge in [-0.25, -0.2) is 0 Å². The van der Waals surface area contributed by atoms with E-state index < -0.39 is 0 Å². The third kappa shape index (κ3) is 3.44. The molecule has 20 heavy (non-hydrogen) atoms. The molecule has 0 amide bonds. The van der Waals surface area contributed by atoms with Crippen molar-refractivity contribution in [3.63, 3.8) is 0 Å². The van der Waals surface area contributed by atoms with Crippen LogP contribution in [-0.2, 0) is 0 Å². The molecule has 1 heterocycles. The van der Waals surface area contributed by atoms with E-state index in [1.165, 1.54) is 0 Å². The van der Waals surface area contributed by atoms with Crippen LogP contribution in [0.2, 0.25) is 5.02 Å². The molecular formula is C15H24ClN3O. The minimum atomic E-state index is -0.288. The lowest BCUT2D eigenvalue weighted by molar-refractivity contribution is 0.191. The van der Waals surface area contributed by atoms with Crippen LogP contribution in [0.3, 0.4) is 0 Å². The lowest BCUT2D eigenvalue weighted by Gasteiger charge is -2.29. The van der Waals surface area contributed by atoms with Gasteiger partial charge in [-0.15, -0.1) is 0 Å². The standard InChI is InChI=1S/C15H24ClN3O/c1-10(17)11-4-5-15(14(16)6-11)19-9-13(20)7-12(19)8-18(2)3/h4-6,10,12-13,20H,7-9,17H2,1-3H3. The first-order valence-corrected chi connectivity index (χ1v) is 7.40. The van der Waals surface area contributed by atoms with E-state index in [1.807, 2.05) is 39.2 Å². The van der Waals surface area contributed by atoms with E-state index in [-0.39, 0.29) is 12.1 Å². The SMILES string of the molecule is CC(N)c1ccc(N2CC(O)CC2CN(C)C)c(Cl)c1. The molecule has 1 aliphatic heterocycles. The van der Waals surface area contributed by atoms with Gasteiger partial charge in [-0.3, -0.25) is 0 Å². The van der Waals surface area contributed by atoms with Crippen LogP contribution in [0.4, 0.5) is 5.69 Å². The summed E-state index contributed by atoms with van der Waals surface area (Å²) in [7, 11) is 4.09. The summed E-state index contributed by atoms with van der Waals surface area (Å²) in [5.41, 5.74) is 7.90. The van der Waals surface area contributed by atoms with Gasteiger partial charge in [0.15, 0.2) is 0 Å². The summed E-state index contributed by atoms with van der Waals surface area (Å²) in [6.45, 7) is 3.48. The highest BCUT2D eigenvalue weighted by atomic mass is 35.5. The number of β-amino-alcohol motifs (C(OH)–C–C–N with tert-alkyl or cyclic N) is 1. The van der Waals surface area contributed by atoms with Crippen LogP contribution in [0, 0.1) is 0 Å². The molecule has 3 N–H and O–H groups in total. The average Bonchev–Trinajstić information content (AvgIpc) is 2.68. The van der Waals surface area contributed by atoms with Crippen LogP contribution >= 0.6 is 11.6 Å². The predicted molar refractivity (Wildman–Crippen MR) is 84.4 cm³/mol. The van der Waals surface area contributed by atoms with Crippen molar-refractivity contribution in [3.8, 4) is 0 Å². The van der Waals surface area contributed by atoms with Crippen molar-refractivity contribution < 1.29 is 5.11 Å². The Morgan fingerprint density at radius 2 is 2.20 bits per heavy atom. The maximum absolute atomic E-state index is 9.95. The topological polar surface area (TPSA) is 52.7 Å². The normalized spacial score (nSPS) is 24.4. The van der Waals surface area contributed by atoms with Crippen molar-refractivity contribution in [1.82, 2.24) is 4.90 Å². The van der Waals surface area contributed by atoms with E-state index in [2.05, 4.69) is 9.80 Å². The Bertz CT molecular complexity index is 464. The van der Waals surface area contributed by atoms with Crippen LogP contribution in [-0.4, -0.2) is 49.3 Å². The highest BCUT2D eigenvalue weighted by Crippen LogP contribution is 2.33. The predicted octanol–water partition coefficient (Wildman–Crippen LogP) is 1.86. The maximum Gasteiger partial charge on any atom is 0.0735 e. The zero-order chi connectivity index (χ0) is 14.9. The summed E-state index contributed by atoms with van der Waals surface area (Å²) < 4.78 is 0. The Morgan fingerprint density at radius 1 is 1.50 bits per heavy atom. The number of aliphatic hydroxyl groups is 1. The van der Waals surface area contributed by atoms with Crippen molar-refractivity contribution in [3.05, 3.63) is 28.8 Å². The number of nitrogens with zero attached hydrogens (tertiary/aromatic N) is 2.